The molecule has 0 radical (unpaired) electrons. The molecule has 1 spiro atoms. The maximum Gasteiger partial charge on any atom is 0.154 e. The highest BCUT2D eigenvalue weighted by Gasteiger charge is 2.54. The van der Waals surface area contributed by atoms with Crippen LogP contribution >= 0.6 is 0 Å². The monoisotopic (exact) mass is 412 g/mol. The maximum absolute atomic E-state index is 6.20. The molecular weight excluding hydrogens is 380 g/mol. The molecule has 2 aliphatic rings. The number of nitrogens with zero attached hydrogens (tertiary/aromatic N) is 3. The number of benzene rings is 2. The molecule has 0 unspecified atom stereocenters. The van der Waals surface area contributed by atoms with Crippen LogP contribution in [0.1, 0.15) is 50.7 Å². The van der Waals surface area contributed by atoms with Gasteiger partial charge in [-0.15, -0.1) is 10.2 Å². The summed E-state index contributed by atoms with van der Waals surface area (Å²) in [6.45, 7) is 11.6. The number of nitrogens with two attached hydrogens (primary N) is 1. The number of hydrogen-bond donors (Lipinski definition) is 1. The Labute approximate surface area is 185 Å². The van der Waals surface area contributed by atoms with E-state index < -0.39 is 0 Å². The van der Waals surface area contributed by atoms with E-state index >= 15 is 0 Å². The minimum absolute atomic E-state index is 0.299. The minimum Gasteiger partial charge on any atom is -0.382 e. The van der Waals surface area contributed by atoms with E-state index in [9.17, 15) is 0 Å². The zero-order chi connectivity index (χ0) is 21.8. The van der Waals surface area contributed by atoms with Crippen LogP contribution in [0.2, 0.25) is 0 Å². The topological polar surface area (TPSA) is 55.0 Å². The van der Waals surface area contributed by atoms with Gasteiger partial charge in [-0.1, -0.05) is 48.5 Å². The number of aromatic nitrogens is 2. The molecule has 0 amide bonds. The van der Waals surface area contributed by atoms with E-state index in [1.807, 2.05) is 12.1 Å². The highest BCUT2D eigenvalue weighted by Crippen LogP contribution is 2.57. The fourth-order valence-electron chi connectivity index (χ4n) is 5.28. The van der Waals surface area contributed by atoms with E-state index in [2.05, 4.69) is 85.3 Å². The first-order valence-electron chi connectivity index (χ1n) is 11.3. The van der Waals surface area contributed by atoms with Gasteiger partial charge >= 0.3 is 0 Å². The number of anilines is 1. The summed E-state index contributed by atoms with van der Waals surface area (Å²) in [5.41, 5.74) is 13.7. The smallest absolute Gasteiger partial charge is 0.154 e. The van der Waals surface area contributed by atoms with Gasteiger partial charge < -0.3 is 5.73 Å². The predicted molar refractivity (Wildman–Crippen MR) is 128 cm³/mol. The Bertz CT molecular complexity index is 1100. The molecule has 2 fully saturated rings. The second-order valence-electron chi connectivity index (χ2n) is 10.6. The summed E-state index contributed by atoms with van der Waals surface area (Å²) in [5, 5.41) is 8.59. The average molecular weight is 413 g/mol. The third-order valence-corrected chi connectivity index (χ3v) is 7.30. The second kappa shape index (κ2) is 7.16. The number of nitrogen functional groups attached to an aromatic ring is 1. The third-order valence-electron chi connectivity index (χ3n) is 7.30. The molecule has 0 atom stereocenters. The van der Waals surface area contributed by atoms with Gasteiger partial charge in [0.25, 0.3) is 0 Å². The standard InChI is InChI=1S/C27H32N4/c1-18-7-5-6-8-22(18)24-13-23(25(28)30-29-24)20-11-9-19(10-12-20)21-14-27(15-21)16-31(17-27)26(2,3)4/h5-13,21H,14-17H2,1-4H3,(H2,28,30). The van der Waals surface area contributed by atoms with Gasteiger partial charge in [0.15, 0.2) is 5.82 Å². The molecule has 3 aromatic rings. The molecule has 5 rings (SSSR count). The Balaban J connectivity index is 1.31. The molecule has 4 nitrogen and oxygen atoms in total. The van der Waals surface area contributed by atoms with Crippen molar-refractivity contribution in [3.63, 3.8) is 0 Å². The summed E-state index contributed by atoms with van der Waals surface area (Å²) in [4.78, 5) is 2.61. The van der Waals surface area contributed by atoms with Crippen molar-refractivity contribution in [1.29, 1.82) is 0 Å². The molecule has 1 saturated heterocycles. The lowest BCUT2D eigenvalue weighted by Crippen LogP contribution is -2.66. The molecule has 160 valence electrons. The summed E-state index contributed by atoms with van der Waals surface area (Å²) in [6, 6.07) is 19.2. The molecule has 1 aliphatic heterocycles. The van der Waals surface area contributed by atoms with Gasteiger partial charge in [0, 0.05) is 29.8 Å². The number of rotatable bonds is 3. The molecule has 4 heteroatoms. The molecule has 2 N–H and O–H groups in total. The predicted octanol–water partition coefficient (Wildman–Crippen LogP) is 5.68. The zero-order valence-electron chi connectivity index (χ0n) is 19.0. The van der Waals surface area contributed by atoms with Gasteiger partial charge in [0.05, 0.1) is 5.69 Å². The average Bonchev–Trinajstić information content (AvgIpc) is 2.66. The van der Waals surface area contributed by atoms with Crippen molar-refractivity contribution < 1.29 is 0 Å². The quantitative estimate of drug-likeness (QED) is 0.601. The van der Waals surface area contributed by atoms with E-state index in [4.69, 9.17) is 5.73 Å². The van der Waals surface area contributed by atoms with E-state index in [0.717, 1.165) is 22.4 Å². The van der Waals surface area contributed by atoms with E-state index in [0.29, 0.717) is 22.7 Å². The van der Waals surface area contributed by atoms with Gasteiger partial charge in [0.1, 0.15) is 0 Å². The van der Waals surface area contributed by atoms with Crippen LogP contribution in [0.25, 0.3) is 22.4 Å². The molecule has 0 bridgehead atoms. The Morgan fingerprint density at radius 3 is 2.26 bits per heavy atom. The van der Waals surface area contributed by atoms with Crippen LogP contribution in [0.15, 0.2) is 54.6 Å². The van der Waals surface area contributed by atoms with E-state index in [-0.39, 0.29) is 0 Å². The van der Waals surface area contributed by atoms with Gasteiger partial charge in [-0.3, -0.25) is 4.90 Å². The SMILES string of the molecule is Cc1ccccc1-c1cc(-c2ccc(C3CC4(C3)CN(C(C)(C)C)C4)cc2)c(N)nn1. The number of aryl methyl sites for hydroxylation is 1. The molecule has 1 aromatic heterocycles. The van der Waals surface area contributed by atoms with Crippen LogP contribution in [0.4, 0.5) is 5.82 Å². The largest absolute Gasteiger partial charge is 0.382 e. The van der Waals surface area contributed by atoms with Crippen LogP contribution in [-0.4, -0.2) is 33.7 Å². The van der Waals surface area contributed by atoms with Crippen molar-refractivity contribution in [2.45, 2.75) is 52.0 Å². The van der Waals surface area contributed by atoms with Gasteiger partial charge in [-0.2, -0.15) is 0 Å². The summed E-state index contributed by atoms with van der Waals surface area (Å²) < 4.78 is 0. The number of hydrogen-bond acceptors (Lipinski definition) is 4. The van der Waals surface area contributed by atoms with Crippen molar-refractivity contribution in [3.8, 4) is 22.4 Å². The van der Waals surface area contributed by atoms with Crippen molar-refractivity contribution in [3.05, 3.63) is 65.7 Å². The first-order chi connectivity index (χ1) is 14.7. The summed E-state index contributed by atoms with van der Waals surface area (Å²) in [6.07, 6.45) is 2.63. The summed E-state index contributed by atoms with van der Waals surface area (Å²) in [5.74, 6) is 1.16. The zero-order valence-corrected chi connectivity index (χ0v) is 19.0. The lowest BCUT2D eigenvalue weighted by atomic mass is 9.55. The summed E-state index contributed by atoms with van der Waals surface area (Å²) in [7, 11) is 0. The lowest BCUT2D eigenvalue weighted by molar-refractivity contribution is -0.114. The molecule has 2 aromatic carbocycles. The van der Waals surface area contributed by atoms with Crippen molar-refractivity contribution in [2.24, 2.45) is 5.41 Å². The van der Waals surface area contributed by atoms with E-state index in [1.54, 1.807) is 0 Å². The van der Waals surface area contributed by atoms with E-state index in [1.165, 1.54) is 37.1 Å². The fourth-order valence-corrected chi connectivity index (χ4v) is 5.28. The Kier molecular flexibility index (Phi) is 4.67. The molecule has 1 aliphatic carbocycles. The van der Waals surface area contributed by atoms with Gasteiger partial charge in [-0.05, 0) is 74.6 Å². The Hall–Kier alpha value is -2.72. The Morgan fingerprint density at radius 1 is 0.935 bits per heavy atom. The van der Waals surface area contributed by atoms with Crippen molar-refractivity contribution in [2.75, 3.05) is 18.8 Å². The highest BCUT2D eigenvalue weighted by molar-refractivity contribution is 5.78. The fraction of sp³-hybridized carbons (Fsp3) is 0.407. The summed E-state index contributed by atoms with van der Waals surface area (Å²) >= 11 is 0. The molecule has 31 heavy (non-hydrogen) atoms. The van der Waals surface area contributed by atoms with Gasteiger partial charge in [-0.25, -0.2) is 0 Å². The van der Waals surface area contributed by atoms with Crippen molar-refractivity contribution in [1.82, 2.24) is 15.1 Å². The van der Waals surface area contributed by atoms with Crippen LogP contribution < -0.4 is 5.73 Å². The Morgan fingerprint density at radius 2 is 1.61 bits per heavy atom. The van der Waals surface area contributed by atoms with Crippen LogP contribution in [0.3, 0.4) is 0 Å². The molecule has 1 saturated carbocycles. The maximum atomic E-state index is 6.20. The highest BCUT2D eigenvalue weighted by atomic mass is 15.3. The van der Waals surface area contributed by atoms with Crippen LogP contribution in [-0.2, 0) is 0 Å². The van der Waals surface area contributed by atoms with Crippen LogP contribution in [0, 0.1) is 12.3 Å². The number of likely N-dealkylation sites (tertiary alicyclic amines) is 1. The first kappa shape index (κ1) is 20.2. The normalized spacial score (nSPS) is 18.6. The van der Waals surface area contributed by atoms with Crippen LogP contribution in [0.5, 0.6) is 0 Å². The molecule has 2 heterocycles. The third kappa shape index (κ3) is 3.63. The lowest BCUT2D eigenvalue weighted by Gasteiger charge is -2.63. The van der Waals surface area contributed by atoms with Gasteiger partial charge in [0.2, 0.25) is 0 Å². The first-order valence-corrected chi connectivity index (χ1v) is 11.3. The van der Waals surface area contributed by atoms with Crippen molar-refractivity contribution >= 4 is 5.82 Å². The minimum atomic E-state index is 0.299. The molecular formula is C27H32N4. The second-order valence-corrected chi connectivity index (χ2v) is 10.6.